The maximum absolute atomic E-state index is 12.7. The minimum absolute atomic E-state index is 0.00785. The first-order valence-corrected chi connectivity index (χ1v) is 12.1. The van der Waals surface area contributed by atoms with Crippen molar-refractivity contribution in [2.75, 3.05) is 11.5 Å². The number of nitrogens with zero attached hydrogens (tertiary/aromatic N) is 3. The summed E-state index contributed by atoms with van der Waals surface area (Å²) in [5, 5.41) is 30.1. The average molecular weight is 479 g/mol. The van der Waals surface area contributed by atoms with E-state index >= 15 is 0 Å². The molecular weight excluding hydrogens is 460 g/mol. The molecule has 1 unspecified atom stereocenters. The molecule has 1 saturated heterocycles. The maximum atomic E-state index is 12.7. The molecule has 2 aliphatic heterocycles. The van der Waals surface area contributed by atoms with Crippen LogP contribution in [-0.2, 0) is 20.8 Å². The van der Waals surface area contributed by atoms with Gasteiger partial charge in [-0.05, 0) is 30.2 Å². The van der Waals surface area contributed by atoms with E-state index < -0.39 is 23.3 Å². The summed E-state index contributed by atoms with van der Waals surface area (Å²) in [7, 11) is 0. The van der Waals surface area contributed by atoms with Crippen molar-refractivity contribution in [2.24, 2.45) is 0 Å². The number of fused-ring (bicyclic) bond motifs is 1. The number of benzene rings is 1. The first-order valence-electron chi connectivity index (χ1n) is 9.23. The van der Waals surface area contributed by atoms with Crippen LogP contribution in [0.5, 0.6) is 5.75 Å². The minimum Gasteiger partial charge on any atom is -0.508 e. The number of carboxylic acids is 1. The van der Waals surface area contributed by atoms with E-state index in [2.05, 4.69) is 15.5 Å². The molecule has 0 aliphatic carbocycles. The van der Waals surface area contributed by atoms with Crippen LogP contribution < -0.4 is 5.32 Å². The summed E-state index contributed by atoms with van der Waals surface area (Å²) >= 11 is 4.26. The Morgan fingerprint density at radius 3 is 2.68 bits per heavy atom. The molecule has 2 atom stereocenters. The zero-order valence-corrected chi connectivity index (χ0v) is 18.7. The summed E-state index contributed by atoms with van der Waals surface area (Å²) in [4.78, 5) is 38.2. The van der Waals surface area contributed by atoms with E-state index in [0.29, 0.717) is 22.6 Å². The molecule has 2 amide bonds. The van der Waals surface area contributed by atoms with Gasteiger partial charge in [-0.15, -0.1) is 22.0 Å². The van der Waals surface area contributed by atoms with E-state index in [0.717, 1.165) is 9.35 Å². The number of hydrogen-bond donors (Lipinski definition) is 3. The highest BCUT2D eigenvalue weighted by Crippen LogP contribution is 2.41. The standard InChI is InChI=1S/C19H18N4O5S3/c1-9-21-22-19(31-9)30-8-11-7-29-17-14(16(26)23(17)15(11)18(27)28)20-13(25)6-10-2-4-12(24)5-3-10/h2-5,14,17,24H,6-8H2,1H3,(H,20,25)(H,27,28)/t14?,17-/m0/s1. The van der Waals surface area contributed by atoms with Crippen molar-refractivity contribution in [3.05, 3.63) is 46.1 Å². The van der Waals surface area contributed by atoms with Gasteiger partial charge in [0.15, 0.2) is 4.34 Å². The Hall–Kier alpha value is -2.57. The molecule has 1 aromatic carbocycles. The number of carboxylic acid groups (broad SMARTS) is 1. The number of thioether (sulfide) groups is 2. The Morgan fingerprint density at radius 1 is 1.29 bits per heavy atom. The van der Waals surface area contributed by atoms with E-state index in [-0.39, 0.29) is 23.8 Å². The van der Waals surface area contributed by atoms with Crippen LogP contribution >= 0.6 is 34.9 Å². The molecule has 31 heavy (non-hydrogen) atoms. The number of aliphatic carboxylic acids is 1. The monoisotopic (exact) mass is 478 g/mol. The summed E-state index contributed by atoms with van der Waals surface area (Å²) in [6, 6.07) is 5.48. The first-order chi connectivity index (χ1) is 14.8. The molecule has 3 heterocycles. The molecular formula is C19H18N4O5S3. The van der Waals surface area contributed by atoms with E-state index in [1.54, 1.807) is 12.1 Å². The number of phenols is 1. The van der Waals surface area contributed by atoms with E-state index in [1.807, 2.05) is 6.92 Å². The number of amides is 2. The lowest BCUT2D eigenvalue weighted by Crippen LogP contribution is -2.70. The number of nitrogens with one attached hydrogen (secondary N) is 1. The Labute approximate surface area is 189 Å². The number of β-lactam (4-membered cyclic amide) rings is 1. The second kappa shape index (κ2) is 8.89. The van der Waals surface area contributed by atoms with Crippen molar-refractivity contribution in [2.45, 2.75) is 29.1 Å². The van der Waals surface area contributed by atoms with Gasteiger partial charge in [-0.1, -0.05) is 35.2 Å². The number of aromatic nitrogens is 2. The van der Waals surface area contributed by atoms with Crippen LogP contribution in [0.25, 0.3) is 0 Å². The number of phenolic OH excluding ortho intramolecular Hbond substituents is 1. The summed E-state index contributed by atoms with van der Waals surface area (Å²) in [6.07, 6.45) is 0.0617. The molecule has 3 N–H and O–H groups in total. The number of aromatic hydroxyl groups is 1. The smallest absolute Gasteiger partial charge is 0.352 e. The van der Waals surface area contributed by atoms with E-state index in [9.17, 15) is 24.6 Å². The topological polar surface area (TPSA) is 133 Å². The SMILES string of the molecule is Cc1nnc(SCC2=C(C(=O)O)N3C(=O)C(NC(=O)Cc4ccc(O)cc4)[C@@H]3SC2)s1. The van der Waals surface area contributed by atoms with Gasteiger partial charge in [-0.3, -0.25) is 14.5 Å². The van der Waals surface area contributed by atoms with Gasteiger partial charge in [0.2, 0.25) is 5.91 Å². The largest absolute Gasteiger partial charge is 0.508 e. The molecule has 0 saturated carbocycles. The third kappa shape index (κ3) is 4.55. The zero-order valence-electron chi connectivity index (χ0n) is 16.3. The summed E-state index contributed by atoms with van der Waals surface area (Å²) in [5.41, 5.74) is 1.34. The quantitative estimate of drug-likeness (QED) is 0.401. The second-order valence-corrected chi connectivity index (χ2v) is 10.4. The number of carbonyl (C=O) groups is 3. The fourth-order valence-corrected chi connectivity index (χ4v) is 6.60. The highest BCUT2D eigenvalue weighted by molar-refractivity contribution is 8.01. The van der Waals surface area contributed by atoms with Gasteiger partial charge >= 0.3 is 5.97 Å². The predicted octanol–water partition coefficient (Wildman–Crippen LogP) is 1.63. The van der Waals surface area contributed by atoms with Crippen LogP contribution in [0.15, 0.2) is 39.9 Å². The molecule has 2 aromatic rings. The lowest BCUT2D eigenvalue weighted by molar-refractivity contribution is -0.150. The first kappa shape index (κ1) is 21.7. The fraction of sp³-hybridized carbons (Fsp3) is 0.316. The average Bonchev–Trinajstić information content (AvgIpc) is 3.16. The van der Waals surface area contributed by atoms with Crippen molar-refractivity contribution in [1.29, 1.82) is 0 Å². The van der Waals surface area contributed by atoms with Gasteiger partial charge in [0.1, 0.15) is 27.9 Å². The van der Waals surface area contributed by atoms with Crippen LogP contribution in [0.1, 0.15) is 10.6 Å². The van der Waals surface area contributed by atoms with Crippen molar-refractivity contribution in [1.82, 2.24) is 20.4 Å². The van der Waals surface area contributed by atoms with Gasteiger partial charge in [0.05, 0.1) is 6.42 Å². The second-order valence-electron chi connectivity index (χ2n) is 6.93. The summed E-state index contributed by atoms with van der Waals surface area (Å²) in [6.45, 7) is 1.85. The predicted molar refractivity (Wildman–Crippen MR) is 117 cm³/mol. The van der Waals surface area contributed by atoms with Crippen LogP contribution in [0.2, 0.25) is 0 Å². The van der Waals surface area contributed by atoms with E-state index in [4.69, 9.17) is 0 Å². The molecule has 0 bridgehead atoms. The number of hydrogen-bond acceptors (Lipinski definition) is 9. The highest BCUT2D eigenvalue weighted by atomic mass is 32.2. The van der Waals surface area contributed by atoms with E-state index in [1.165, 1.54) is 51.9 Å². The van der Waals surface area contributed by atoms with Crippen LogP contribution in [-0.4, -0.2) is 66.0 Å². The molecule has 0 spiro atoms. The highest BCUT2D eigenvalue weighted by Gasteiger charge is 2.54. The maximum Gasteiger partial charge on any atom is 0.352 e. The Bertz CT molecular complexity index is 1070. The lowest BCUT2D eigenvalue weighted by Gasteiger charge is -2.49. The zero-order chi connectivity index (χ0) is 22.1. The Kier molecular flexibility index (Phi) is 6.21. The Balaban J connectivity index is 1.42. The van der Waals surface area contributed by atoms with Gasteiger partial charge < -0.3 is 15.5 Å². The van der Waals surface area contributed by atoms with Gasteiger partial charge in [0.25, 0.3) is 5.91 Å². The minimum atomic E-state index is -1.16. The number of rotatable bonds is 7. The lowest BCUT2D eigenvalue weighted by atomic mass is 10.0. The molecule has 162 valence electrons. The summed E-state index contributed by atoms with van der Waals surface area (Å²) < 4.78 is 0.746. The van der Waals surface area contributed by atoms with Gasteiger partial charge in [0, 0.05) is 11.5 Å². The summed E-state index contributed by atoms with van der Waals surface area (Å²) in [5.74, 6) is -0.962. The number of aryl methyl sites for hydroxylation is 1. The fourth-order valence-electron chi connectivity index (χ4n) is 3.30. The van der Waals surface area contributed by atoms with Crippen molar-refractivity contribution < 1.29 is 24.6 Å². The molecule has 1 fully saturated rings. The van der Waals surface area contributed by atoms with Crippen LogP contribution in [0.4, 0.5) is 0 Å². The van der Waals surface area contributed by atoms with Gasteiger partial charge in [-0.2, -0.15) is 0 Å². The third-order valence-electron chi connectivity index (χ3n) is 4.74. The molecule has 9 nitrogen and oxygen atoms in total. The normalized spacial score (nSPS) is 20.3. The van der Waals surface area contributed by atoms with Crippen LogP contribution in [0.3, 0.4) is 0 Å². The molecule has 1 aromatic heterocycles. The van der Waals surface area contributed by atoms with Crippen molar-refractivity contribution in [3.8, 4) is 5.75 Å². The third-order valence-corrected chi connectivity index (χ3v) is 8.14. The van der Waals surface area contributed by atoms with Crippen LogP contribution in [0, 0.1) is 6.92 Å². The Morgan fingerprint density at radius 2 is 2.03 bits per heavy atom. The molecule has 4 rings (SSSR count). The molecule has 2 aliphatic rings. The molecule has 12 heteroatoms. The van der Waals surface area contributed by atoms with Crippen molar-refractivity contribution in [3.63, 3.8) is 0 Å². The molecule has 0 radical (unpaired) electrons. The van der Waals surface area contributed by atoms with Crippen molar-refractivity contribution >= 4 is 52.6 Å². The van der Waals surface area contributed by atoms with Gasteiger partial charge in [-0.25, -0.2) is 4.79 Å². The number of carbonyl (C=O) groups excluding carboxylic acids is 2.